The van der Waals surface area contributed by atoms with Gasteiger partial charge < -0.3 is 5.11 Å². The van der Waals surface area contributed by atoms with Crippen molar-refractivity contribution in [3.8, 4) is 0 Å². The summed E-state index contributed by atoms with van der Waals surface area (Å²) in [5.74, 6) is -0.882. The van der Waals surface area contributed by atoms with E-state index < -0.39 is 16.8 Å². The van der Waals surface area contributed by atoms with E-state index in [1.807, 2.05) is 19.1 Å². The van der Waals surface area contributed by atoms with Crippen LogP contribution in [-0.2, 0) is 16.6 Å². The van der Waals surface area contributed by atoms with Gasteiger partial charge in [-0.25, -0.2) is 4.79 Å². The zero-order chi connectivity index (χ0) is 14.7. The molecule has 0 aliphatic rings. The molecule has 1 atom stereocenters. The predicted molar refractivity (Wildman–Crippen MR) is 79.7 cm³/mol. The lowest BCUT2D eigenvalue weighted by molar-refractivity contribution is 0.0693. The summed E-state index contributed by atoms with van der Waals surface area (Å²) >= 11 is 6.11. The summed E-state index contributed by atoms with van der Waals surface area (Å²) in [4.78, 5) is 11.4. The lowest BCUT2D eigenvalue weighted by atomic mass is 10.2. The van der Waals surface area contributed by atoms with Crippen molar-refractivity contribution in [1.82, 2.24) is 0 Å². The van der Waals surface area contributed by atoms with E-state index >= 15 is 0 Å². The van der Waals surface area contributed by atoms with Gasteiger partial charge in [-0.3, -0.25) is 4.21 Å². The highest BCUT2D eigenvalue weighted by Crippen LogP contribution is 2.23. The summed E-state index contributed by atoms with van der Waals surface area (Å²) in [7, 11) is -1.45. The Morgan fingerprint density at radius 1 is 1.25 bits per heavy atom. The molecule has 1 unspecified atom stereocenters. The molecule has 0 aromatic heterocycles. The Morgan fingerprint density at radius 2 is 1.95 bits per heavy atom. The third-order valence-corrected chi connectivity index (χ3v) is 4.63. The number of carbonyl (C=O) groups is 1. The Bertz CT molecular complexity index is 683. The Kier molecular flexibility index (Phi) is 4.57. The number of carboxylic acids is 1. The molecule has 0 bridgehead atoms. The third-order valence-electron chi connectivity index (χ3n) is 2.86. The summed E-state index contributed by atoms with van der Waals surface area (Å²) in [6, 6.07) is 11.8. The monoisotopic (exact) mass is 308 g/mol. The van der Waals surface area contributed by atoms with E-state index in [1.54, 1.807) is 24.3 Å². The smallest absolute Gasteiger partial charge is 0.336 e. The van der Waals surface area contributed by atoms with Crippen molar-refractivity contribution in [2.45, 2.75) is 17.6 Å². The molecule has 0 amide bonds. The average molecular weight is 309 g/mol. The fourth-order valence-corrected chi connectivity index (χ4v) is 3.53. The Labute approximate surface area is 124 Å². The van der Waals surface area contributed by atoms with E-state index in [-0.39, 0.29) is 11.3 Å². The SMILES string of the molecule is Cc1ccc(CS(=O)c2ccccc2C(=O)O)c(Cl)c1. The molecule has 0 aliphatic carbocycles. The molecular weight excluding hydrogens is 296 g/mol. The number of aryl methyl sites for hydroxylation is 1. The summed E-state index contributed by atoms with van der Waals surface area (Å²) < 4.78 is 12.4. The number of hydrogen-bond acceptors (Lipinski definition) is 2. The number of rotatable bonds is 4. The summed E-state index contributed by atoms with van der Waals surface area (Å²) in [5.41, 5.74) is 1.83. The molecule has 0 heterocycles. The molecule has 2 rings (SSSR count). The second-order valence-corrected chi connectivity index (χ2v) is 6.21. The molecular formula is C15H13ClO3S. The minimum Gasteiger partial charge on any atom is -0.478 e. The number of benzene rings is 2. The van der Waals surface area contributed by atoms with Gasteiger partial charge in [-0.1, -0.05) is 35.9 Å². The third kappa shape index (κ3) is 3.26. The highest BCUT2D eigenvalue weighted by atomic mass is 35.5. The van der Waals surface area contributed by atoms with Gasteiger partial charge in [0.15, 0.2) is 0 Å². The van der Waals surface area contributed by atoms with Gasteiger partial charge >= 0.3 is 5.97 Å². The first-order valence-corrected chi connectivity index (χ1v) is 7.64. The molecule has 104 valence electrons. The molecule has 0 fully saturated rings. The van der Waals surface area contributed by atoms with Crippen molar-refractivity contribution in [1.29, 1.82) is 0 Å². The molecule has 3 nitrogen and oxygen atoms in total. The van der Waals surface area contributed by atoms with Crippen molar-refractivity contribution >= 4 is 28.4 Å². The van der Waals surface area contributed by atoms with Crippen molar-refractivity contribution < 1.29 is 14.1 Å². The Morgan fingerprint density at radius 3 is 2.60 bits per heavy atom. The van der Waals surface area contributed by atoms with Gasteiger partial charge in [0, 0.05) is 5.02 Å². The lowest BCUT2D eigenvalue weighted by Crippen LogP contribution is -2.06. The molecule has 0 aliphatic heterocycles. The Balaban J connectivity index is 2.31. The van der Waals surface area contributed by atoms with E-state index in [9.17, 15) is 9.00 Å². The minimum atomic E-state index is -1.45. The summed E-state index contributed by atoms with van der Waals surface area (Å²) in [6.45, 7) is 1.92. The van der Waals surface area contributed by atoms with Crippen LogP contribution in [0.3, 0.4) is 0 Å². The van der Waals surface area contributed by atoms with Gasteiger partial charge in [0.2, 0.25) is 0 Å². The second-order valence-electron chi connectivity index (χ2n) is 4.39. The van der Waals surface area contributed by atoms with Crippen molar-refractivity contribution in [3.05, 3.63) is 64.2 Å². The van der Waals surface area contributed by atoms with Crippen molar-refractivity contribution in [2.24, 2.45) is 0 Å². The van der Waals surface area contributed by atoms with Crippen LogP contribution >= 0.6 is 11.6 Å². The number of halogens is 1. The maximum atomic E-state index is 12.4. The van der Waals surface area contributed by atoms with Crippen LogP contribution in [0.2, 0.25) is 5.02 Å². The first-order chi connectivity index (χ1) is 9.49. The molecule has 0 saturated heterocycles. The molecule has 20 heavy (non-hydrogen) atoms. The molecule has 1 N–H and O–H groups in total. The van der Waals surface area contributed by atoms with Crippen LogP contribution in [0.1, 0.15) is 21.5 Å². The van der Waals surface area contributed by atoms with Crippen molar-refractivity contribution in [3.63, 3.8) is 0 Å². The zero-order valence-corrected chi connectivity index (χ0v) is 12.4. The van der Waals surface area contributed by atoms with Crippen LogP contribution in [0.4, 0.5) is 0 Å². The molecule has 2 aromatic carbocycles. The lowest BCUT2D eigenvalue weighted by Gasteiger charge is -2.08. The highest BCUT2D eigenvalue weighted by Gasteiger charge is 2.15. The molecule has 0 radical (unpaired) electrons. The van der Waals surface area contributed by atoms with E-state index in [1.165, 1.54) is 6.07 Å². The van der Waals surface area contributed by atoms with Gasteiger partial charge in [0.1, 0.15) is 0 Å². The Hall–Kier alpha value is -1.65. The first kappa shape index (κ1) is 14.8. The quantitative estimate of drug-likeness (QED) is 0.938. The standard InChI is InChI=1S/C15H13ClO3S/c1-10-6-7-11(13(16)8-10)9-20(19)14-5-3-2-4-12(14)15(17)18/h2-8H,9H2,1H3,(H,17,18). The van der Waals surface area contributed by atoms with Gasteiger partial charge in [-0.05, 0) is 36.2 Å². The van der Waals surface area contributed by atoms with Crippen LogP contribution in [0.5, 0.6) is 0 Å². The molecule has 0 spiro atoms. The van der Waals surface area contributed by atoms with Gasteiger partial charge in [0.25, 0.3) is 0 Å². The second kappa shape index (κ2) is 6.20. The molecule has 2 aromatic rings. The summed E-state index contributed by atoms with van der Waals surface area (Å²) in [6.07, 6.45) is 0. The van der Waals surface area contributed by atoms with E-state index in [4.69, 9.17) is 16.7 Å². The molecule has 0 saturated carbocycles. The maximum Gasteiger partial charge on any atom is 0.336 e. The average Bonchev–Trinajstić information content (AvgIpc) is 2.41. The predicted octanol–water partition coefficient (Wildman–Crippen LogP) is 3.65. The minimum absolute atomic E-state index is 0.0640. The highest BCUT2D eigenvalue weighted by molar-refractivity contribution is 7.84. The van der Waals surface area contributed by atoms with Crippen LogP contribution in [-0.4, -0.2) is 15.3 Å². The number of hydrogen-bond donors (Lipinski definition) is 1. The topological polar surface area (TPSA) is 54.4 Å². The first-order valence-electron chi connectivity index (χ1n) is 5.95. The number of carboxylic acid groups (broad SMARTS) is 1. The number of aromatic carboxylic acids is 1. The van der Waals surface area contributed by atoms with E-state index in [0.29, 0.717) is 9.92 Å². The van der Waals surface area contributed by atoms with Crippen LogP contribution in [0.25, 0.3) is 0 Å². The van der Waals surface area contributed by atoms with E-state index in [0.717, 1.165) is 11.1 Å². The van der Waals surface area contributed by atoms with Gasteiger partial charge in [-0.2, -0.15) is 0 Å². The normalized spacial score (nSPS) is 12.1. The van der Waals surface area contributed by atoms with Gasteiger partial charge in [-0.15, -0.1) is 0 Å². The fourth-order valence-electron chi connectivity index (χ4n) is 1.83. The summed E-state index contributed by atoms with van der Waals surface area (Å²) in [5, 5.41) is 9.66. The largest absolute Gasteiger partial charge is 0.478 e. The van der Waals surface area contributed by atoms with Gasteiger partial charge in [0.05, 0.1) is 27.0 Å². The molecule has 5 heteroatoms. The van der Waals surface area contributed by atoms with Crippen molar-refractivity contribution in [2.75, 3.05) is 0 Å². The van der Waals surface area contributed by atoms with Crippen LogP contribution in [0.15, 0.2) is 47.4 Å². The van der Waals surface area contributed by atoms with Crippen LogP contribution < -0.4 is 0 Å². The maximum absolute atomic E-state index is 12.4. The van der Waals surface area contributed by atoms with E-state index in [2.05, 4.69) is 0 Å². The zero-order valence-electron chi connectivity index (χ0n) is 10.8. The fraction of sp³-hybridized carbons (Fsp3) is 0.133. The van der Waals surface area contributed by atoms with Crippen LogP contribution in [0, 0.1) is 6.92 Å².